The first-order chi connectivity index (χ1) is 42.3. The number of fused-ring (bicyclic) bond motifs is 1. The molecule has 19 nitrogen and oxygen atoms in total. The molecule has 4 aromatic rings. The Morgan fingerprint density at radius 2 is 1.47 bits per heavy atom. The second-order valence-corrected chi connectivity index (χ2v) is 29.0. The minimum absolute atomic E-state index is 0.00800. The maximum absolute atomic E-state index is 14.5. The predicted molar refractivity (Wildman–Crippen MR) is 336 cm³/mol. The van der Waals surface area contributed by atoms with E-state index in [2.05, 4.69) is 62.9 Å². The van der Waals surface area contributed by atoms with E-state index in [4.69, 9.17) is 0 Å². The fraction of sp³-hybridized carbons (Fsp3) is 0.469. The van der Waals surface area contributed by atoms with Gasteiger partial charge in [-0.3, -0.25) is 43.9 Å². The molecule has 0 bridgehead atoms. The minimum Gasteiger partial charge on any atom is -0.380 e. The molecule has 0 saturated carbocycles. The molecule has 1 aliphatic carbocycles. The molecular formula is C64H78F3N9O10S3. The predicted octanol–water partition coefficient (Wildman–Crippen LogP) is 8.87. The summed E-state index contributed by atoms with van der Waals surface area (Å²) in [6.07, 6.45) is 7.23. The number of nitrogens with zero attached hydrogens (tertiary/aromatic N) is 5. The summed E-state index contributed by atoms with van der Waals surface area (Å²) < 4.78 is 99.8. The summed E-state index contributed by atoms with van der Waals surface area (Å²) in [6, 6.07) is 20.7. The van der Waals surface area contributed by atoms with Crippen LogP contribution in [0.1, 0.15) is 122 Å². The van der Waals surface area contributed by atoms with Crippen molar-refractivity contribution in [2.75, 3.05) is 93.3 Å². The first kappa shape index (κ1) is 66.5. The van der Waals surface area contributed by atoms with E-state index < -0.39 is 82.5 Å². The number of imide groups is 2. The highest BCUT2D eigenvalue weighted by Gasteiger charge is 2.49. The molecule has 0 spiro atoms. The van der Waals surface area contributed by atoms with Gasteiger partial charge in [0.2, 0.25) is 17.7 Å². The van der Waals surface area contributed by atoms with Crippen molar-refractivity contribution in [3.8, 4) is 0 Å². The normalized spacial score (nSPS) is 19.2. The van der Waals surface area contributed by atoms with Crippen LogP contribution >= 0.6 is 11.8 Å². The second kappa shape index (κ2) is 28.5. The summed E-state index contributed by atoms with van der Waals surface area (Å²) in [5.74, 6) is -3.82. The van der Waals surface area contributed by atoms with Gasteiger partial charge in [0.1, 0.15) is 10.9 Å². The highest BCUT2D eigenvalue weighted by Crippen LogP contribution is 2.42. The van der Waals surface area contributed by atoms with Gasteiger partial charge in [-0.2, -0.15) is 13.2 Å². The summed E-state index contributed by atoms with van der Waals surface area (Å²) in [7, 11) is -11.1. The summed E-state index contributed by atoms with van der Waals surface area (Å²) in [5, 5.41) is 7.93. The van der Waals surface area contributed by atoms with Gasteiger partial charge in [0.05, 0.1) is 27.4 Å². The third kappa shape index (κ3) is 16.6. The number of allylic oxidation sites excluding steroid dienone is 2. The number of hydrogen-bond acceptors (Lipinski definition) is 16. The SMILES string of the molecule is C=C(CC)CCC1=C(CN2CCN(c3ccc(C(=O)NS(=O)(=O)c4ccc(N[C@H](CCN5CCN(CCCC(=O)Nc6cccc7c6C(=O)N(C6CCC(=O)NC6=O)C7=O)CC5)CSc5ccccc5)c(S(=O)(=O)C(F)(F)F)c4)cc3)CC2)CCC(C)(C)C1. The summed E-state index contributed by atoms with van der Waals surface area (Å²) >= 11 is 1.40. The molecule has 0 aromatic heterocycles. The van der Waals surface area contributed by atoms with E-state index in [1.54, 1.807) is 17.7 Å². The van der Waals surface area contributed by atoms with Gasteiger partial charge in [-0.25, -0.2) is 21.6 Å². The van der Waals surface area contributed by atoms with Gasteiger partial charge in [-0.15, -0.1) is 11.8 Å². The maximum Gasteiger partial charge on any atom is 0.501 e. The monoisotopic (exact) mass is 1290 g/mol. The first-order valence-corrected chi connectivity index (χ1v) is 34.2. The van der Waals surface area contributed by atoms with Crippen molar-refractivity contribution < 1.29 is 58.8 Å². The molecule has 3 fully saturated rings. The number of anilines is 3. The molecule has 5 aliphatic rings. The molecule has 9 rings (SSSR count). The van der Waals surface area contributed by atoms with E-state index in [1.807, 2.05) is 35.1 Å². The molecule has 1 unspecified atom stereocenters. The largest absolute Gasteiger partial charge is 0.501 e. The molecule has 25 heteroatoms. The number of sulfone groups is 1. The third-order valence-electron chi connectivity index (χ3n) is 17.4. The lowest BCUT2D eigenvalue weighted by molar-refractivity contribution is -0.136. The van der Waals surface area contributed by atoms with E-state index >= 15 is 0 Å². The standard InChI is InChI=1S/C64H78F3N9O10S3/c1-5-43(2)16-17-45-40-63(3,4)28-26-46(45)41-74-35-37-75(38-36-74)48-20-18-44(19-21-48)59(79)71-89(85,86)50-22-23-52(55(39-50)88(83,84)64(65,66)67)68-47(42-87-49-11-7-6-8-12-49)27-30-73-33-31-72(32-34-73)29-10-15-56(77)69-53-14-9-13-51-58(53)62(82)76(61(51)81)54-24-25-57(78)70-60(54)80/h6-9,11-14,18-23,39,47,54,68H,2,5,10,15-17,24-38,40-42H2,1,3-4H3,(H,69,77)(H,71,79)(H,70,78,80)/t47-,54?/m1/s1. The number of halogens is 3. The lowest BCUT2D eigenvalue weighted by atomic mass is 9.73. The fourth-order valence-electron chi connectivity index (χ4n) is 12.1. The van der Waals surface area contributed by atoms with E-state index in [0.29, 0.717) is 58.2 Å². The lowest BCUT2D eigenvalue weighted by Crippen LogP contribution is -2.54. The summed E-state index contributed by atoms with van der Waals surface area (Å²) in [5.41, 5.74) is -0.657. The molecule has 89 heavy (non-hydrogen) atoms. The van der Waals surface area contributed by atoms with Crippen molar-refractivity contribution in [2.45, 2.75) is 124 Å². The maximum atomic E-state index is 14.5. The van der Waals surface area contributed by atoms with Crippen molar-refractivity contribution in [1.82, 2.24) is 29.6 Å². The van der Waals surface area contributed by atoms with Crippen LogP contribution in [-0.2, 0) is 34.2 Å². The molecule has 4 aromatic carbocycles. The van der Waals surface area contributed by atoms with Gasteiger partial charge in [-0.05, 0) is 136 Å². The van der Waals surface area contributed by atoms with E-state index in [-0.39, 0.29) is 58.7 Å². The molecule has 0 radical (unpaired) electrons. The zero-order chi connectivity index (χ0) is 63.8. The van der Waals surface area contributed by atoms with Crippen molar-refractivity contribution in [3.63, 3.8) is 0 Å². The molecule has 2 atom stereocenters. The number of amides is 6. The van der Waals surface area contributed by atoms with Crippen LogP contribution < -0.4 is 25.6 Å². The Balaban J connectivity index is 0.787. The number of nitrogens with one attached hydrogen (secondary N) is 4. The zero-order valence-corrected chi connectivity index (χ0v) is 52.9. The lowest BCUT2D eigenvalue weighted by Gasteiger charge is -2.39. The summed E-state index contributed by atoms with van der Waals surface area (Å²) in [6.45, 7) is 18.6. The van der Waals surface area contributed by atoms with Crippen LogP contribution in [0.5, 0.6) is 0 Å². The summed E-state index contributed by atoms with van der Waals surface area (Å²) in [4.78, 5) is 86.3. The Morgan fingerprint density at radius 3 is 2.15 bits per heavy atom. The van der Waals surface area contributed by atoms with Crippen LogP contribution in [0.25, 0.3) is 0 Å². The van der Waals surface area contributed by atoms with Gasteiger partial charge in [0.15, 0.2) is 0 Å². The number of benzene rings is 4. The number of carbonyl (C=O) groups excluding carboxylic acids is 6. The van der Waals surface area contributed by atoms with Crippen LogP contribution in [0.3, 0.4) is 0 Å². The van der Waals surface area contributed by atoms with Crippen LogP contribution in [0.15, 0.2) is 129 Å². The average molecular weight is 1290 g/mol. The third-order valence-corrected chi connectivity index (χ3v) is 21.4. The number of carbonyl (C=O) groups is 6. The van der Waals surface area contributed by atoms with E-state index in [1.165, 1.54) is 53.2 Å². The average Bonchev–Trinajstić information content (AvgIpc) is 1.72. The van der Waals surface area contributed by atoms with Crippen molar-refractivity contribution in [3.05, 3.63) is 131 Å². The number of piperazine rings is 2. The number of rotatable bonds is 25. The zero-order valence-electron chi connectivity index (χ0n) is 50.5. The van der Waals surface area contributed by atoms with Crippen molar-refractivity contribution in [2.24, 2.45) is 5.41 Å². The molecule has 6 amide bonds. The molecule has 478 valence electrons. The van der Waals surface area contributed by atoms with Gasteiger partial charge >= 0.3 is 5.51 Å². The van der Waals surface area contributed by atoms with Crippen molar-refractivity contribution >= 4 is 84.1 Å². The van der Waals surface area contributed by atoms with Crippen LogP contribution in [0.2, 0.25) is 0 Å². The Morgan fingerprint density at radius 1 is 0.787 bits per heavy atom. The highest BCUT2D eigenvalue weighted by molar-refractivity contribution is 7.99. The topological polar surface area (TPSA) is 235 Å². The Hall–Kier alpha value is -6.90. The van der Waals surface area contributed by atoms with Gasteiger partial charge in [-0.1, -0.05) is 68.3 Å². The van der Waals surface area contributed by atoms with Crippen LogP contribution in [0, 0.1) is 5.41 Å². The van der Waals surface area contributed by atoms with Crippen molar-refractivity contribution in [1.29, 1.82) is 0 Å². The molecular weight excluding hydrogens is 1210 g/mol. The number of alkyl halides is 3. The molecule has 4 heterocycles. The number of thioether (sulfide) groups is 1. The smallest absolute Gasteiger partial charge is 0.380 e. The fourth-order valence-corrected chi connectivity index (χ4v) is 15.1. The highest BCUT2D eigenvalue weighted by atomic mass is 32.2. The Labute approximate surface area is 523 Å². The number of sulfonamides is 1. The second-order valence-electron chi connectivity index (χ2n) is 24.3. The number of hydrogen-bond donors (Lipinski definition) is 4. The van der Waals surface area contributed by atoms with Gasteiger partial charge < -0.3 is 25.3 Å². The van der Waals surface area contributed by atoms with Crippen LogP contribution in [-0.4, -0.2) is 167 Å². The van der Waals surface area contributed by atoms with E-state index in [9.17, 15) is 58.8 Å². The molecule has 4 aliphatic heterocycles. The van der Waals surface area contributed by atoms with Gasteiger partial charge in [0.25, 0.3) is 37.6 Å². The first-order valence-electron chi connectivity index (χ1n) is 30.3. The Kier molecular flexibility index (Phi) is 21.3. The Bertz CT molecular complexity index is 3590. The van der Waals surface area contributed by atoms with E-state index in [0.717, 1.165) is 98.9 Å². The molecule has 4 N–H and O–H groups in total. The number of piperidine rings is 1. The quantitative estimate of drug-likeness (QED) is 0.0275. The molecule has 3 saturated heterocycles. The van der Waals surface area contributed by atoms with Crippen LogP contribution in [0.4, 0.5) is 30.2 Å². The minimum atomic E-state index is -6.16. The van der Waals surface area contributed by atoms with Gasteiger partial charge in [0, 0.05) is 106 Å².